The summed E-state index contributed by atoms with van der Waals surface area (Å²) in [6.07, 6.45) is 2.95. The van der Waals surface area contributed by atoms with Gasteiger partial charge in [0.05, 0.1) is 36.9 Å². The van der Waals surface area contributed by atoms with Crippen molar-refractivity contribution in [3.63, 3.8) is 0 Å². The number of nitrogens with zero attached hydrogens (tertiary/aromatic N) is 6. The molecular weight excluding hydrogens is 524 g/mol. The Bertz CT molecular complexity index is 1790. The molecule has 0 unspecified atom stereocenters. The molecule has 3 aromatic heterocycles. The highest BCUT2D eigenvalue weighted by molar-refractivity contribution is 5.98. The van der Waals surface area contributed by atoms with Crippen LogP contribution in [0.15, 0.2) is 77.9 Å². The molecule has 0 spiro atoms. The first-order chi connectivity index (χ1) is 19.8. The summed E-state index contributed by atoms with van der Waals surface area (Å²) >= 11 is 0. The number of carbonyl (C=O) groups is 1. The number of fused-ring (bicyclic) bond motifs is 1. The minimum Gasteiger partial charge on any atom is -0.481 e. The third kappa shape index (κ3) is 5.28. The number of amides is 1. The van der Waals surface area contributed by atoms with Crippen molar-refractivity contribution in [1.29, 1.82) is 0 Å². The zero-order valence-electron chi connectivity index (χ0n) is 22.9. The molecule has 5 aromatic rings. The van der Waals surface area contributed by atoms with Gasteiger partial charge in [-0.1, -0.05) is 30.3 Å². The number of methoxy groups -OCH3 is 1. The van der Waals surface area contributed by atoms with E-state index in [2.05, 4.69) is 20.3 Å². The molecule has 12 nitrogen and oxygen atoms in total. The Morgan fingerprint density at radius 2 is 1.83 bits per heavy atom. The van der Waals surface area contributed by atoms with Crippen molar-refractivity contribution >= 4 is 28.6 Å². The Balaban J connectivity index is 1.70. The number of anilines is 2. The summed E-state index contributed by atoms with van der Waals surface area (Å²) in [7, 11) is 4.39. The van der Waals surface area contributed by atoms with Crippen molar-refractivity contribution in [3.05, 3.63) is 94.8 Å². The Kier molecular flexibility index (Phi) is 7.57. The molecule has 3 heterocycles. The Labute approximate surface area is 235 Å². The lowest BCUT2D eigenvalue weighted by Crippen LogP contribution is -2.29. The second-order valence-electron chi connectivity index (χ2n) is 9.07. The lowest BCUT2D eigenvalue weighted by Gasteiger charge is -2.22. The van der Waals surface area contributed by atoms with Crippen LogP contribution in [0.5, 0.6) is 5.88 Å². The molecule has 12 heteroatoms. The van der Waals surface area contributed by atoms with Gasteiger partial charge in [0, 0.05) is 25.5 Å². The van der Waals surface area contributed by atoms with Gasteiger partial charge in [-0.25, -0.2) is 20.0 Å². The third-order valence-corrected chi connectivity index (χ3v) is 6.53. The average molecular weight is 553 g/mol. The van der Waals surface area contributed by atoms with Crippen molar-refractivity contribution in [3.8, 4) is 22.7 Å². The number of nitrogens with two attached hydrogens (primary N) is 1. The van der Waals surface area contributed by atoms with Crippen molar-refractivity contribution < 1.29 is 14.4 Å². The van der Waals surface area contributed by atoms with Gasteiger partial charge in [0.25, 0.3) is 11.5 Å². The topological polar surface area (TPSA) is 150 Å². The van der Waals surface area contributed by atoms with E-state index in [0.717, 1.165) is 10.6 Å². The summed E-state index contributed by atoms with van der Waals surface area (Å²) in [6.45, 7) is 1.82. The number of hydrogen-bond donors (Lipinski definition) is 2. The minimum atomic E-state index is -0.606. The summed E-state index contributed by atoms with van der Waals surface area (Å²) in [5, 5.41) is 4.69. The van der Waals surface area contributed by atoms with Crippen LogP contribution in [0.4, 0.5) is 11.8 Å². The van der Waals surface area contributed by atoms with Gasteiger partial charge in [-0.2, -0.15) is 4.98 Å². The normalized spacial score (nSPS) is 11.7. The lowest BCUT2D eigenvalue weighted by atomic mass is 10.0. The average Bonchev–Trinajstić information content (AvgIpc) is 3.00. The summed E-state index contributed by atoms with van der Waals surface area (Å²) < 4.78 is 6.85. The minimum absolute atomic E-state index is 0.0272. The molecule has 0 aliphatic carbocycles. The van der Waals surface area contributed by atoms with Gasteiger partial charge in [-0.3, -0.25) is 19.0 Å². The number of aromatic nitrogens is 5. The molecule has 2 aromatic carbocycles. The number of nitrogens with one attached hydrogen (secondary N) is 1. The molecule has 0 fully saturated rings. The van der Waals surface area contributed by atoms with Crippen LogP contribution in [0.25, 0.3) is 27.7 Å². The van der Waals surface area contributed by atoms with Crippen LogP contribution in [-0.2, 0) is 4.84 Å². The van der Waals surface area contributed by atoms with Crippen LogP contribution in [0, 0.1) is 0 Å². The van der Waals surface area contributed by atoms with E-state index in [-0.39, 0.29) is 22.9 Å². The highest BCUT2D eigenvalue weighted by Crippen LogP contribution is 2.30. The molecule has 0 aliphatic heterocycles. The number of hydroxylamine groups is 2. The van der Waals surface area contributed by atoms with E-state index in [0.29, 0.717) is 33.9 Å². The molecule has 1 amide bonds. The third-order valence-electron chi connectivity index (χ3n) is 6.53. The van der Waals surface area contributed by atoms with Crippen LogP contribution in [-0.4, -0.2) is 56.7 Å². The van der Waals surface area contributed by atoms with E-state index in [1.165, 1.54) is 27.5 Å². The highest BCUT2D eigenvalue weighted by atomic mass is 16.7. The van der Waals surface area contributed by atoms with Crippen molar-refractivity contribution in [2.24, 2.45) is 0 Å². The monoisotopic (exact) mass is 552 g/mol. The van der Waals surface area contributed by atoms with Gasteiger partial charge in [0.1, 0.15) is 17.2 Å². The molecule has 0 bridgehead atoms. The molecule has 5 rings (SSSR count). The molecule has 41 heavy (non-hydrogen) atoms. The number of benzene rings is 2. The SMILES string of the molecule is COc1cc(-c2cccc3nc([C@@H](C)Nc4nc(N)ncc4C(=O)N(C)OC)n(-c4ccccc4)c(=O)c23)ccn1. The van der Waals surface area contributed by atoms with E-state index >= 15 is 0 Å². The fourth-order valence-electron chi connectivity index (χ4n) is 4.48. The van der Waals surface area contributed by atoms with Gasteiger partial charge >= 0.3 is 0 Å². The van der Waals surface area contributed by atoms with Crippen LogP contribution < -0.4 is 21.3 Å². The Hall–Kier alpha value is -5.36. The number of pyridine rings is 1. The fraction of sp³-hybridized carbons (Fsp3) is 0.172. The van der Waals surface area contributed by atoms with Crippen LogP contribution in [0.3, 0.4) is 0 Å². The maximum atomic E-state index is 14.3. The maximum absolute atomic E-state index is 14.3. The molecule has 0 saturated heterocycles. The lowest BCUT2D eigenvalue weighted by molar-refractivity contribution is -0.0756. The second-order valence-corrected chi connectivity index (χ2v) is 9.07. The van der Waals surface area contributed by atoms with Crippen LogP contribution in [0.2, 0.25) is 0 Å². The number of para-hydroxylation sites is 1. The Morgan fingerprint density at radius 3 is 2.56 bits per heavy atom. The molecule has 0 radical (unpaired) electrons. The Morgan fingerprint density at radius 1 is 1.05 bits per heavy atom. The van der Waals surface area contributed by atoms with E-state index in [4.69, 9.17) is 20.3 Å². The predicted molar refractivity (Wildman–Crippen MR) is 155 cm³/mol. The number of carbonyl (C=O) groups excluding carboxylic acids is 1. The summed E-state index contributed by atoms with van der Waals surface area (Å²) in [5.74, 6) is 0.491. The van der Waals surface area contributed by atoms with Gasteiger partial charge < -0.3 is 15.8 Å². The van der Waals surface area contributed by atoms with Gasteiger partial charge in [-0.05, 0) is 42.3 Å². The largest absolute Gasteiger partial charge is 0.481 e. The number of hydrogen-bond acceptors (Lipinski definition) is 10. The van der Waals surface area contributed by atoms with E-state index in [1.807, 2.05) is 55.5 Å². The summed E-state index contributed by atoms with van der Waals surface area (Å²) in [4.78, 5) is 49.7. The summed E-state index contributed by atoms with van der Waals surface area (Å²) in [6, 6.07) is 17.7. The highest BCUT2D eigenvalue weighted by Gasteiger charge is 2.24. The molecule has 0 aliphatic rings. The van der Waals surface area contributed by atoms with Crippen molar-refractivity contribution in [2.45, 2.75) is 13.0 Å². The van der Waals surface area contributed by atoms with Crippen molar-refractivity contribution in [1.82, 2.24) is 29.6 Å². The fourth-order valence-corrected chi connectivity index (χ4v) is 4.48. The van der Waals surface area contributed by atoms with Gasteiger partial charge in [0.15, 0.2) is 0 Å². The van der Waals surface area contributed by atoms with E-state index < -0.39 is 11.9 Å². The summed E-state index contributed by atoms with van der Waals surface area (Å²) in [5.41, 5.74) is 8.30. The smallest absolute Gasteiger partial charge is 0.282 e. The molecule has 1 atom stereocenters. The van der Waals surface area contributed by atoms with Crippen LogP contribution >= 0.6 is 0 Å². The first-order valence-corrected chi connectivity index (χ1v) is 12.6. The van der Waals surface area contributed by atoms with E-state index in [9.17, 15) is 9.59 Å². The predicted octanol–water partition coefficient (Wildman–Crippen LogP) is 3.64. The quantitative estimate of drug-likeness (QED) is 0.273. The van der Waals surface area contributed by atoms with Crippen molar-refractivity contribution in [2.75, 3.05) is 32.3 Å². The molecule has 3 N–H and O–H groups in total. The zero-order chi connectivity index (χ0) is 29.1. The standard InChI is InChI=1S/C29H28N8O4/c1-17(33-25-21(16-32-29(30)35-25)27(38)36(2)41-4)26-34-22-12-8-11-20(18-13-14-31-23(15-18)40-3)24(22)28(39)37(26)19-9-6-5-7-10-19/h5-17H,1-4H3,(H3,30,32,33,35)/t17-/m1/s1. The second kappa shape index (κ2) is 11.4. The zero-order valence-corrected chi connectivity index (χ0v) is 22.9. The molecule has 0 saturated carbocycles. The first-order valence-electron chi connectivity index (χ1n) is 12.6. The first kappa shape index (κ1) is 27.2. The van der Waals surface area contributed by atoms with E-state index in [1.54, 1.807) is 22.9 Å². The van der Waals surface area contributed by atoms with Gasteiger partial charge in [0.2, 0.25) is 11.8 Å². The number of rotatable bonds is 8. The van der Waals surface area contributed by atoms with Gasteiger partial charge in [-0.15, -0.1) is 0 Å². The molecule has 208 valence electrons. The van der Waals surface area contributed by atoms with Crippen LogP contribution in [0.1, 0.15) is 29.1 Å². The number of nitrogen functional groups attached to an aromatic ring is 1. The maximum Gasteiger partial charge on any atom is 0.282 e. The molecular formula is C29H28N8O4. The number of ether oxygens (including phenoxy) is 1.